The van der Waals surface area contributed by atoms with Crippen molar-refractivity contribution in [3.05, 3.63) is 45.1 Å². The van der Waals surface area contributed by atoms with Crippen LogP contribution >= 0.6 is 27.5 Å². The van der Waals surface area contributed by atoms with Crippen LogP contribution in [-0.4, -0.2) is 16.3 Å². The van der Waals surface area contributed by atoms with E-state index in [9.17, 15) is 0 Å². The summed E-state index contributed by atoms with van der Waals surface area (Å²) in [6, 6.07) is 5.77. The summed E-state index contributed by atoms with van der Waals surface area (Å²) in [6.45, 7) is 2.52. The lowest BCUT2D eigenvalue weighted by molar-refractivity contribution is 0.728. The molecule has 0 saturated heterocycles. The van der Waals surface area contributed by atoms with Crippen molar-refractivity contribution in [1.29, 1.82) is 0 Å². The molecule has 0 aliphatic rings. The number of nitrogens with two attached hydrogens (primary N) is 1. The molecule has 1 aromatic carbocycles. The second-order valence-corrected chi connectivity index (χ2v) is 5.63. The molecule has 102 valence electrons. The summed E-state index contributed by atoms with van der Waals surface area (Å²) in [5, 5.41) is 8.30. The number of rotatable bonds is 4. The molecule has 6 heteroatoms. The molecule has 1 atom stereocenters. The van der Waals surface area contributed by atoms with E-state index >= 15 is 0 Å². The van der Waals surface area contributed by atoms with Gasteiger partial charge >= 0.3 is 0 Å². The minimum absolute atomic E-state index is 0.0194. The number of anilines is 1. The summed E-state index contributed by atoms with van der Waals surface area (Å²) in [6.07, 6.45) is 1.85. The Morgan fingerprint density at radius 3 is 2.79 bits per heavy atom. The van der Waals surface area contributed by atoms with Gasteiger partial charge in [0.15, 0.2) is 0 Å². The maximum atomic E-state index is 6.09. The summed E-state index contributed by atoms with van der Waals surface area (Å²) in [4.78, 5) is 0. The van der Waals surface area contributed by atoms with Crippen molar-refractivity contribution in [3.8, 4) is 0 Å². The van der Waals surface area contributed by atoms with E-state index in [1.54, 1.807) is 0 Å². The maximum absolute atomic E-state index is 6.09. The van der Waals surface area contributed by atoms with Gasteiger partial charge in [0.2, 0.25) is 0 Å². The molecule has 2 rings (SSSR count). The number of nitrogens with one attached hydrogen (secondary N) is 1. The zero-order valence-corrected chi connectivity index (χ0v) is 13.2. The van der Waals surface area contributed by atoms with Gasteiger partial charge in [-0.1, -0.05) is 11.6 Å². The fraction of sp³-hybridized carbons (Fsp3) is 0.308. The predicted octanol–water partition coefficient (Wildman–Crippen LogP) is 3.26. The first-order valence-electron chi connectivity index (χ1n) is 5.93. The molecule has 0 spiro atoms. The zero-order chi connectivity index (χ0) is 14.0. The van der Waals surface area contributed by atoms with E-state index in [2.05, 4.69) is 26.3 Å². The van der Waals surface area contributed by atoms with E-state index in [4.69, 9.17) is 17.3 Å². The molecule has 0 bridgehead atoms. The van der Waals surface area contributed by atoms with Gasteiger partial charge in [-0.25, -0.2) is 0 Å². The normalized spacial score (nSPS) is 12.5. The predicted molar refractivity (Wildman–Crippen MR) is 82.5 cm³/mol. The first kappa shape index (κ1) is 14.4. The molecule has 1 heterocycles. The van der Waals surface area contributed by atoms with Crippen molar-refractivity contribution in [2.75, 3.05) is 11.9 Å². The number of aromatic nitrogens is 2. The largest absolute Gasteiger partial charge is 0.377 e. The fourth-order valence-electron chi connectivity index (χ4n) is 1.91. The van der Waals surface area contributed by atoms with Gasteiger partial charge in [-0.15, -0.1) is 0 Å². The van der Waals surface area contributed by atoms with Gasteiger partial charge < -0.3 is 11.1 Å². The third-order valence-electron chi connectivity index (χ3n) is 3.14. The van der Waals surface area contributed by atoms with Crippen molar-refractivity contribution >= 4 is 33.2 Å². The highest BCUT2D eigenvalue weighted by Crippen LogP contribution is 2.28. The van der Waals surface area contributed by atoms with Crippen molar-refractivity contribution in [2.24, 2.45) is 12.8 Å². The highest BCUT2D eigenvalue weighted by molar-refractivity contribution is 9.10. The van der Waals surface area contributed by atoms with E-state index in [-0.39, 0.29) is 6.04 Å². The molecule has 0 amide bonds. The van der Waals surface area contributed by atoms with Crippen LogP contribution < -0.4 is 11.1 Å². The van der Waals surface area contributed by atoms with E-state index in [1.165, 1.54) is 0 Å². The molecule has 3 N–H and O–H groups in total. The van der Waals surface area contributed by atoms with Crippen LogP contribution in [0.5, 0.6) is 0 Å². The number of halogens is 2. The maximum Gasteiger partial charge on any atom is 0.0669 e. The Bertz CT molecular complexity index is 582. The summed E-state index contributed by atoms with van der Waals surface area (Å²) in [7, 11) is 1.92. The van der Waals surface area contributed by atoms with Gasteiger partial charge in [0, 0.05) is 35.0 Å². The van der Waals surface area contributed by atoms with Crippen molar-refractivity contribution in [3.63, 3.8) is 0 Å². The first-order valence-corrected chi connectivity index (χ1v) is 7.10. The molecular weight excluding hydrogens is 328 g/mol. The monoisotopic (exact) mass is 342 g/mol. The van der Waals surface area contributed by atoms with E-state index in [0.29, 0.717) is 11.6 Å². The quantitative estimate of drug-likeness (QED) is 0.896. The molecular formula is C13H16BrClN4. The summed E-state index contributed by atoms with van der Waals surface area (Å²) in [5.41, 5.74) is 9.00. The van der Waals surface area contributed by atoms with Crippen LogP contribution in [0.1, 0.15) is 17.3 Å². The van der Waals surface area contributed by atoms with E-state index in [1.807, 2.05) is 43.0 Å². The average molecular weight is 344 g/mol. The lowest BCUT2D eigenvalue weighted by Gasteiger charge is -2.18. The van der Waals surface area contributed by atoms with Crippen LogP contribution in [0, 0.1) is 6.92 Å². The molecule has 0 fully saturated rings. The van der Waals surface area contributed by atoms with Gasteiger partial charge in [-0.2, -0.15) is 5.10 Å². The highest BCUT2D eigenvalue weighted by atomic mass is 79.9. The minimum Gasteiger partial charge on any atom is -0.377 e. The second kappa shape index (κ2) is 5.94. The topological polar surface area (TPSA) is 55.9 Å². The third kappa shape index (κ3) is 3.11. The van der Waals surface area contributed by atoms with Gasteiger partial charge in [0.05, 0.1) is 17.3 Å². The lowest BCUT2D eigenvalue weighted by Crippen LogP contribution is -2.21. The molecule has 1 aromatic heterocycles. The molecule has 2 aromatic rings. The Morgan fingerprint density at radius 1 is 1.53 bits per heavy atom. The number of aryl methyl sites for hydroxylation is 1. The zero-order valence-electron chi connectivity index (χ0n) is 10.8. The second-order valence-electron chi connectivity index (χ2n) is 4.37. The Balaban J connectivity index is 2.24. The number of hydrogen-bond donors (Lipinski definition) is 2. The van der Waals surface area contributed by atoms with Crippen molar-refractivity contribution in [2.45, 2.75) is 13.0 Å². The Labute approximate surface area is 126 Å². The summed E-state index contributed by atoms with van der Waals surface area (Å²) >= 11 is 9.46. The lowest BCUT2D eigenvalue weighted by atomic mass is 10.1. The van der Waals surface area contributed by atoms with E-state index in [0.717, 1.165) is 21.4 Å². The van der Waals surface area contributed by atoms with Gasteiger partial charge in [0.25, 0.3) is 0 Å². The number of nitrogens with zero attached hydrogens (tertiary/aromatic N) is 2. The van der Waals surface area contributed by atoms with Gasteiger partial charge in [0.1, 0.15) is 0 Å². The molecule has 1 unspecified atom stereocenters. The van der Waals surface area contributed by atoms with Gasteiger partial charge in [-0.05, 0) is 41.1 Å². The van der Waals surface area contributed by atoms with Gasteiger partial charge in [-0.3, -0.25) is 4.68 Å². The fourth-order valence-corrected chi connectivity index (χ4v) is 2.34. The SMILES string of the molecule is Cc1c(C(CN)Nc2ccc(Br)c(Cl)c2)cnn1C. The number of hydrogen-bond acceptors (Lipinski definition) is 3. The standard InChI is InChI=1S/C13H16BrClN4/c1-8-10(7-17-19(8)2)13(6-16)18-9-3-4-11(14)12(15)5-9/h3-5,7,13,18H,6,16H2,1-2H3. The number of benzene rings is 1. The first-order chi connectivity index (χ1) is 9.02. The molecule has 0 aliphatic carbocycles. The molecule has 0 saturated carbocycles. The Morgan fingerprint density at radius 2 is 2.26 bits per heavy atom. The van der Waals surface area contributed by atoms with Crippen LogP contribution in [0.25, 0.3) is 0 Å². The van der Waals surface area contributed by atoms with Crippen molar-refractivity contribution < 1.29 is 0 Å². The minimum atomic E-state index is 0.0194. The Kier molecular flexibility index (Phi) is 4.50. The average Bonchev–Trinajstić information content (AvgIpc) is 2.72. The smallest absolute Gasteiger partial charge is 0.0669 e. The van der Waals surface area contributed by atoms with Crippen molar-refractivity contribution in [1.82, 2.24) is 9.78 Å². The molecule has 0 aliphatic heterocycles. The molecule has 4 nitrogen and oxygen atoms in total. The Hall–Kier alpha value is -1.04. The highest BCUT2D eigenvalue weighted by Gasteiger charge is 2.15. The van der Waals surface area contributed by atoms with Crippen LogP contribution in [0.4, 0.5) is 5.69 Å². The van der Waals surface area contributed by atoms with Crippen LogP contribution in [0.2, 0.25) is 5.02 Å². The summed E-state index contributed by atoms with van der Waals surface area (Å²) < 4.78 is 2.72. The van der Waals surface area contributed by atoms with Crippen LogP contribution in [0.15, 0.2) is 28.9 Å². The van der Waals surface area contributed by atoms with Crippen LogP contribution in [0.3, 0.4) is 0 Å². The summed E-state index contributed by atoms with van der Waals surface area (Å²) in [5.74, 6) is 0. The molecule has 0 radical (unpaired) electrons. The molecule has 19 heavy (non-hydrogen) atoms. The van der Waals surface area contributed by atoms with E-state index < -0.39 is 0 Å². The third-order valence-corrected chi connectivity index (χ3v) is 4.38. The van der Waals surface area contributed by atoms with Crippen LogP contribution in [-0.2, 0) is 7.05 Å².